The number of aliphatic hydroxyl groups is 1. The molecule has 1 saturated carbocycles. The molecule has 28 heavy (non-hydrogen) atoms. The van der Waals surface area contributed by atoms with E-state index in [0.717, 1.165) is 26.2 Å². The summed E-state index contributed by atoms with van der Waals surface area (Å²) in [6.07, 6.45) is -1.23. The molecule has 1 amide bonds. The van der Waals surface area contributed by atoms with Gasteiger partial charge in [-0.1, -0.05) is 13.3 Å². The Balaban J connectivity index is 1.65. The van der Waals surface area contributed by atoms with E-state index in [4.69, 9.17) is 4.74 Å². The largest absolute Gasteiger partial charge is 0.481 e. The fraction of sp³-hybridized carbons (Fsp3) is 0.667. The van der Waals surface area contributed by atoms with E-state index in [-0.39, 0.29) is 11.7 Å². The Morgan fingerprint density at radius 2 is 1.75 bits per heavy atom. The molecule has 156 valence electrons. The van der Waals surface area contributed by atoms with Crippen molar-refractivity contribution in [3.63, 3.8) is 0 Å². The van der Waals surface area contributed by atoms with Crippen LogP contribution in [0, 0.1) is 5.41 Å². The summed E-state index contributed by atoms with van der Waals surface area (Å²) in [4.78, 5) is 14.8. The molecule has 1 saturated heterocycles. The van der Waals surface area contributed by atoms with Crippen molar-refractivity contribution in [3.05, 3.63) is 24.3 Å². The normalized spacial score (nSPS) is 29.4. The van der Waals surface area contributed by atoms with Crippen LogP contribution in [0.3, 0.4) is 0 Å². The molecule has 1 unspecified atom stereocenters. The molecular weight excluding hydrogens is 371 g/mol. The molecule has 1 atom stereocenters. The first kappa shape index (κ1) is 21.0. The standard InChI is InChI=1S/C21H28F3NO3/c1-3-8-20(27)11-9-19(10-12-20)13-14-25(18(19)26)16-4-6-17(7-5-16)28-15(2)21(22,23)24/h4-7,15,27H,3,8-14H2,1-2H3/t15?,19-,20+. The second-order valence-corrected chi connectivity index (χ2v) is 8.26. The Bertz CT molecular complexity index is 694. The number of rotatable bonds is 5. The summed E-state index contributed by atoms with van der Waals surface area (Å²) >= 11 is 0. The number of carbonyl (C=O) groups excluding carboxylic acids is 1. The number of halogens is 3. The van der Waals surface area contributed by atoms with E-state index in [1.807, 2.05) is 6.92 Å². The van der Waals surface area contributed by atoms with Crippen LogP contribution in [-0.4, -0.2) is 35.4 Å². The summed E-state index contributed by atoms with van der Waals surface area (Å²) < 4.78 is 42.8. The Morgan fingerprint density at radius 3 is 2.29 bits per heavy atom. The number of carbonyl (C=O) groups is 1. The zero-order chi connectivity index (χ0) is 20.6. The van der Waals surface area contributed by atoms with Crippen molar-refractivity contribution < 1.29 is 27.8 Å². The van der Waals surface area contributed by atoms with Gasteiger partial charge in [0, 0.05) is 12.2 Å². The molecule has 7 heteroatoms. The summed E-state index contributed by atoms with van der Waals surface area (Å²) in [5.41, 5.74) is -0.398. The number of hydrogen-bond acceptors (Lipinski definition) is 3. The summed E-state index contributed by atoms with van der Waals surface area (Å²) in [5, 5.41) is 10.6. The lowest BCUT2D eigenvalue weighted by atomic mass is 9.67. The van der Waals surface area contributed by atoms with Gasteiger partial charge in [-0.05, 0) is 69.7 Å². The minimum Gasteiger partial charge on any atom is -0.481 e. The molecule has 1 aromatic rings. The van der Waals surface area contributed by atoms with Gasteiger partial charge in [0.2, 0.25) is 5.91 Å². The Kier molecular flexibility index (Phi) is 5.67. The van der Waals surface area contributed by atoms with E-state index in [1.54, 1.807) is 17.0 Å². The predicted octanol–water partition coefficient (Wildman–Crippen LogP) is 4.84. The zero-order valence-electron chi connectivity index (χ0n) is 16.4. The van der Waals surface area contributed by atoms with Gasteiger partial charge in [-0.2, -0.15) is 13.2 Å². The minimum atomic E-state index is -4.42. The fourth-order valence-electron chi connectivity index (χ4n) is 4.42. The van der Waals surface area contributed by atoms with E-state index in [2.05, 4.69) is 0 Å². The highest BCUT2D eigenvalue weighted by Gasteiger charge is 2.51. The minimum absolute atomic E-state index is 0.0587. The number of hydrogen-bond donors (Lipinski definition) is 1. The van der Waals surface area contributed by atoms with Crippen molar-refractivity contribution in [1.29, 1.82) is 0 Å². The molecular formula is C21H28F3NO3. The van der Waals surface area contributed by atoms with Gasteiger partial charge in [0.1, 0.15) is 5.75 Å². The molecule has 0 aromatic heterocycles. The average Bonchev–Trinajstić information content (AvgIpc) is 2.95. The van der Waals surface area contributed by atoms with E-state index >= 15 is 0 Å². The smallest absolute Gasteiger partial charge is 0.425 e. The number of ether oxygens (including phenoxy) is 1. The molecule has 1 aromatic carbocycles. The van der Waals surface area contributed by atoms with E-state index < -0.39 is 23.3 Å². The average molecular weight is 399 g/mol. The molecule has 2 fully saturated rings. The van der Waals surface area contributed by atoms with Crippen LogP contribution < -0.4 is 9.64 Å². The number of amides is 1. The summed E-state index contributed by atoms with van der Waals surface area (Å²) in [7, 11) is 0. The number of anilines is 1. The van der Waals surface area contributed by atoms with Gasteiger partial charge in [0.05, 0.1) is 11.0 Å². The third-order valence-corrected chi connectivity index (χ3v) is 6.29. The van der Waals surface area contributed by atoms with Crippen LogP contribution in [0.5, 0.6) is 5.75 Å². The van der Waals surface area contributed by atoms with Crippen LogP contribution >= 0.6 is 0 Å². The van der Waals surface area contributed by atoms with Crippen LogP contribution in [0.1, 0.15) is 58.8 Å². The summed E-state index contributed by atoms with van der Waals surface area (Å²) in [5.74, 6) is 0.181. The number of alkyl halides is 3. The third kappa shape index (κ3) is 4.14. The molecule has 2 aliphatic rings. The van der Waals surface area contributed by atoms with Crippen molar-refractivity contribution >= 4 is 11.6 Å². The molecule has 0 bridgehead atoms. The van der Waals surface area contributed by atoms with Crippen LogP contribution in [-0.2, 0) is 4.79 Å². The number of nitrogens with zero attached hydrogens (tertiary/aromatic N) is 1. The lowest BCUT2D eigenvalue weighted by molar-refractivity contribution is -0.189. The van der Waals surface area contributed by atoms with E-state index in [1.165, 1.54) is 12.1 Å². The maximum atomic E-state index is 13.1. The first-order chi connectivity index (χ1) is 13.1. The van der Waals surface area contributed by atoms with Gasteiger partial charge in [-0.15, -0.1) is 0 Å². The SMILES string of the molecule is CCC[C@]1(O)CC[C@]2(CCN(c3ccc(OC(C)C(F)(F)F)cc3)C2=O)CC1. The van der Waals surface area contributed by atoms with Crippen molar-refractivity contribution in [2.45, 2.75) is 76.7 Å². The Hall–Kier alpha value is -1.76. The monoisotopic (exact) mass is 399 g/mol. The Morgan fingerprint density at radius 1 is 1.14 bits per heavy atom. The predicted molar refractivity (Wildman–Crippen MR) is 100 cm³/mol. The molecule has 1 aliphatic carbocycles. The molecule has 1 N–H and O–H groups in total. The van der Waals surface area contributed by atoms with Gasteiger partial charge in [0.25, 0.3) is 0 Å². The second kappa shape index (κ2) is 7.58. The van der Waals surface area contributed by atoms with E-state index in [9.17, 15) is 23.1 Å². The first-order valence-corrected chi connectivity index (χ1v) is 9.96. The van der Waals surface area contributed by atoms with Crippen LogP contribution in [0.25, 0.3) is 0 Å². The van der Waals surface area contributed by atoms with Gasteiger partial charge in [-0.25, -0.2) is 0 Å². The van der Waals surface area contributed by atoms with Crippen LogP contribution in [0.4, 0.5) is 18.9 Å². The van der Waals surface area contributed by atoms with Crippen LogP contribution in [0.15, 0.2) is 24.3 Å². The molecule has 3 rings (SSSR count). The van der Waals surface area contributed by atoms with Gasteiger partial charge < -0.3 is 14.7 Å². The third-order valence-electron chi connectivity index (χ3n) is 6.29. The second-order valence-electron chi connectivity index (χ2n) is 8.26. The summed E-state index contributed by atoms with van der Waals surface area (Å²) in [6, 6.07) is 6.20. The van der Waals surface area contributed by atoms with Gasteiger partial charge in [-0.3, -0.25) is 4.79 Å². The van der Waals surface area contributed by atoms with Crippen molar-refractivity contribution in [2.24, 2.45) is 5.41 Å². The maximum Gasteiger partial charge on any atom is 0.425 e. The fourth-order valence-corrected chi connectivity index (χ4v) is 4.42. The van der Waals surface area contributed by atoms with Crippen molar-refractivity contribution in [2.75, 3.05) is 11.4 Å². The molecule has 1 aliphatic heterocycles. The lowest BCUT2D eigenvalue weighted by Crippen LogP contribution is -2.43. The quantitative estimate of drug-likeness (QED) is 0.770. The molecule has 1 heterocycles. The molecule has 1 spiro atoms. The van der Waals surface area contributed by atoms with Crippen molar-refractivity contribution in [1.82, 2.24) is 0 Å². The van der Waals surface area contributed by atoms with E-state index in [0.29, 0.717) is 37.9 Å². The first-order valence-electron chi connectivity index (χ1n) is 9.96. The summed E-state index contributed by atoms with van der Waals surface area (Å²) in [6.45, 7) is 3.60. The van der Waals surface area contributed by atoms with Crippen molar-refractivity contribution in [3.8, 4) is 5.75 Å². The molecule has 0 radical (unpaired) electrons. The van der Waals surface area contributed by atoms with Gasteiger partial charge >= 0.3 is 6.18 Å². The maximum absolute atomic E-state index is 13.1. The lowest BCUT2D eigenvalue weighted by Gasteiger charge is -2.41. The highest BCUT2D eigenvalue weighted by Crippen LogP contribution is 2.49. The highest BCUT2D eigenvalue weighted by molar-refractivity contribution is 6.00. The highest BCUT2D eigenvalue weighted by atomic mass is 19.4. The zero-order valence-corrected chi connectivity index (χ0v) is 16.4. The topological polar surface area (TPSA) is 49.8 Å². The number of benzene rings is 1. The molecule has 4 nitrogen and oxygen atoms in total. The van der Waals surface area contributed by atoms with Gasteiger partial charge in [0.15, 0.2) is 6.10 Å². The Labute approximate surface area is 163 Å². The van der Waals surface area contributed by atoms with Crippen LogP contribution in [0.2, 0.25) is 0 Å².